The molecule has 0 saturated carbocycles. The number of piperazine rings is 1. The zero-order valence-electron chi connectivity index (χ0n) is 18.9. The molecule has 3 heterocycles. The molecular formula is C26H26N4O3. The number of benzene rings is 2. The smallest absolute Gasteiger partial charge is 0.261 e. The number of pyridine rings is 1. The number of hydrogen-bond donors (Lipinski definition) is 0. The van der Waals surface area contributed by atoms with Gasteiger partial charge >= 0.3 is 0 Å². The summed E-state index contributed by atoms with van der Waals surface area (Å²) < 4.78 is 0. The third-order valence-corrected chi connectivity index (χ3v) is 6.62. The lowest BCUT2D eigenvalue weighted by Crippen LogP contribution is -2.49. The fourth-order valence-electron chi connectivity index (χ4n) is 4.70. The number of rotatable bonds is 4. The molecule has 3 amide bonds. The Morgan fingerprint density at radius 3 is 2.21 bits per heavy atom. The number of nitrogens with zero attached hydrogens (tertiary/aromatic N) is 4. The van der Waals surface area contributed by atoms with E-state index < -0.39 is 0 Å². The molecule has 2 aromatic carbocycles. The van der Waals surface area contributed by atoms with Gasteiger partial charge in [-0.05, 0) is 43.2 Å². The summed E-state index contributed by atoms with van der Waals surface area (Å²) >= 11 is 0. The third-order valence-electron chi connectivity index (χ3n) is 6.62. The zero-order chi connectivity index (χ0) is 23.1. The summed E-state index contributed by atoms with van der Waals surface area (Å²) in [5.41, 5.74) is 4.19. The highest BCUT2D eigenvalue weighted by atomic mass is 16.2. The lowest BCUT2D eigenvalue weighted by molar-refractivity contribution is -0.131. The molecule has 2 aliphatic rings. The van der Waals surface area contributed by atoms with E-state index >= 15 is 0 Å². The highest BCUT2D eigenvalue weighted by molar-refractivity contribution is 6.21. The Morgan fingerprint density at radius 1 is 0.879 bits per heavy atom. The van der Waals surface area contributed by atoms with Crippen LogP contribution in [0.15, 0.2) is 48.5 Å². The maximum absolute atomic E-state index is 12.8. The number of carbonyl (C=O) groups is 3. The second-order valence-electron chi connectivity index (χ2n) is 8.69. The molecule has 0 radical (unpaired) electrons. The van der Waals surface area contributed by atoms with Gasteiger partial charge in [0.05, 0.1) is 16.6 Å². The maximum Gasteiger partial charge on any atom is 0.261 e. The van der Waals surface area contributed by atoms with Gasteiger partial charge in [-0.15, -0.1) is 0 Å². The fraction of sp³-hybridized carbons (Fsp3) is 0.308. The molecule has 3 aromatic rings. The molecule has 0 unspecified atom stereocenters. The molecule has 0 spiro atoms. The predicted octanol–water partition coefficient (Wildman–Crippen LogP) is 3.19. The second-order valence-corrected chi connectivity index (χ2v) is 8.69. The average molecular weight is 443 g/mol. The molecule has 1 aromatic heterocycles. The van der Waals surface area contributed by atoms with Gasteiger partial charge in [0.1, 0.15) is 5.82 Å². The first-order valence-corrected chi connectivity index (χ1v) is 11.3. The molecule has 0 atom stereocenters. The summed E-state index contributed by atoms with van der Waals surface area (Å²) in [6.45, 7) is 6.86. The van der Waals surface area contributed by atoms with Crippen LogP contribution < -0.4 is 4.90 Å². The second kappa shape index (κ2) is 8.31. The Balaban J connectivity index is 1.20. The molecule has 2 aliphatic heterocycles. The number of imide groups is 1. The van der Waals surface area contributed by atoms with Crippen LogP contribution in [0.5, 0.6) is 0 Å². The van der Waals surface area contributed by atoms with Gasteiger partial charge in [0.2, 0.25) is 5.91 Å². The SMILES string of the molecule is Cc1cc(N2CCN(C(=O)CCN3C(=O)c4ccccc4C3=O)CC2)nc2c(C)cccc12. The highest BCUT2D eigenvalue weighted by Crippen LogP contribution is 2.26. The van der Waals surface area contributed by atoms with E-state index in [9.17, 15) is 14.4 Å². The normalized spacial score (nSPS) is 16.0. The van der Waals surface area contributed by atoms with Crippen molar-refractivity contribution in [3.05, 3.63) is 70.8 Å². The van der Waals surface area contributed by atoms with Crippen LogP contribution in [0.4, 0.5) is 5.82 Å². The standard InChI is InChI=1S/C26H26N4O3/c1-17-6-5-9-19-18(2)16-22(27-24(17)19)28-12-14-29(15-13-28)23(31)10-11-30-25(32)20-7-3-4-8-21(20)26(30)33/h3-9,16H,10-15H2,1-2H3. The molecule has 0 aliphatic carbocycles. The van der Waals surface area contributed by atoms with Gasteiger partial charge in [0, 0.05) is 44.5 Å². The highest BCUT2D eigenvalue weighted by Gasteiger charge is 2.35. The van der Waals surface area contributed by atoms with Gasteiger partial charge in [-0.1, -0.05) is 30.3 Å². The van der Waals surface area contributed by atoms with Crippen LogP contribution >= 0.6 is 0 Å². The Kier molecular flexibility index (Phi) is 5.32. The van der Waals surface area contributed by atoms with Gasteiger partial charge in [-0.2, -0.15) is 0 Å². The Bertz CT molecular complexity index is 1240. The van der Waals surface area contributed by atoms with Crippen LogP contribution in [-0.2, 0) is 4.79 Å². The van der Waals surface area contributed by atoms with Crippen LogP contribution in [0.1, 0.15) is 38.3 Å². The number of amides is 3. The molecular weight excluding hydrogens is 416 g/mol. The number of aryl methyl sites for hydroxylation is 2. The molecule has 7 heteroatoms. The van der Waals surface area contributed by atoms with E-state index in [0.29, 0.717) is 37.3 Å². The first-order chi connectivity index (χ1) is 15.9. The van der Waals surface area contributed by atoms with Crippen molar-refractivity contribution in [3.8, 4) is 0 Å². The van der Waals surface area contributed by atoms with Gasteiger partial charge in [-0.3, -0.25) is 19.3 Å². The first-order valence-electron chi connectivity index (χ1n) is 11.3. The topological polar surface area (TPSA) is 73.8 Å². The molecule has 7 nitrogen and oxygen atoms in total. The largest absolute Gasteiger partial charge is 0.353 e. The summed E-state index contributed by atoms with van der Waals surface area (Å²) in [5, 5.41) is 1.17. The number of fused-ring (bicyclic) bond motifs is 2. The monoisotopic (exact) mass is 442 g/mol. The summed E-state index contributed by atoms with van der Waals surface area (Å²) in [5.74, 6) is 0.264. The van der Waals surface area contributed by atoms with Crippen molar-refractivity contribution < 1.29 is 14.4 Å². The molecule has 168 valence electrons. The summed E-state index contributed by atoms with van der Waals surface area (Å²) in [7, 11) is 0. The van der Waals surface area contributed by atoms with Gasteiger partial charge in [0.15, 0.2) is 0 Å². The minimum Gasteiger partial charge on any atom is -0.353 e. The van der Waals surface area contributed by atoms with Crippen LogP contribution in [0.3, 0.4) is 0 Å². The number of anilines is 1. The van der Waals surface area contributed by atoms with Gasteiger partial charge < -0.3 is 9.80 Å². The number of aromatic nitrogens is 1. The van der Waals surface area contributed by atoms with Crippen molar-refractivity contribution in [2.45, 2.75) is 20.3 Å². The van der Waals surface area contributed by atoms with E-state index in [-0.39, 0.29) is 30.7 Å². The minimum atomic E-state index is -0.318. The summed E-state index contributed by atoms with van der Waals surface area (Å²) in [4.78, 5) is 47.9. The molecule has 5 rings (SSSR count). The fourth-order valence-corrected chi connectivity index (χ4v) is 4.70. The van der Waals surface area contributed by atoms with E-state index in [0.717, 1.165) is 16.9 Å². The Labute approximate surface area is 192 Å². The molecule has 1 fully saturated rings. The van der Waals surface area contributed by atoms with E-state index in [1.807, 2.05) is 4.90 Å². The molecule has 1 saturated heterocycles. The zero-order valence-corrected chi connectivity index (χ0v) is 18.9. The lowest BCUT2D eigenvalue weighted by Gasteiger charge is -2.36. The van der Waals surface area contributed by atoms with Crippen molar-refractivity contribution in [2.75, 3.05) is 37.6 Å². The van der Waals surface area contributed by atoms with Crippen LogP contribution in [0.2, 0.25) is 0 Å². The number of carbonyl (C=O) groups excluding carboxylic acids is 3. The van der Waals surface area contributed by atoms with Crippen molar-refractivity contribution in [2.24, 2.45) is 0 Å². The molecule has 0 bridgehead atoms. The summed E-state index contributed by atoms with van der Waals surface area (Å²) in [6, 6.07) is 15.1. The van der Waals surface area contributed by atoms with Crippen LogP contribution in [-0.4, -0.2) is 65.2 Å². The first kappa shape index (κ1) is 21.1. The van der Waals surface area contributed by atoms with E-state index in [4.69, 9.17) is 4.98 Å². The maximum atomic E-state index is 12.8. The van der Waals surface area contributed by atoms with Gasteiger partial charge in [-0.25, -0.2) is 4.98 Å². The Morgan fingerprint density at radius 2 is 1.55 bits per heavy atom. The third kappa shape index (κ3) is 3.73. The van der Waals surface area contributed by atoms with Crippen LogP contribution in [0, 0.1) is 13.8 Å². The molecule has 33 heavy (non-hydrogen) atoms. The van der Waals surface area contributed by atoms with Crippen molar-refractivity contribution in [3.63, 3.8) is 0 Å². The lowest BCUT2D eigenvalue weighted by atomic mass is 10.1. The average Bonchev–Trinajstić information content (AvgIpc) is 3.08. The Hall–Kier alpha value is -3.74. The van der Waals surface area contributed by atoms with Crippen molar-refractivity contribution in [1.29, 1.82) is 0 Å². The quantitative estimate of drug-likeness (QED) is 0.580. The number of hydrogen-bond acceptors (Lipinski definition) is 5. The minimum absolute atomic E-state index is 0.0373. The predicted molar refractivity (Wildman–Crippen MR) is 126 cm³/mol. The van der Waals surface area contributed by atoms with Gasteiger partial charge in [0.25, 0.3) is 11.8 Å². The summed E-state index contributed by atoms with van der Waals surface area (Å²) in [6.07, 6.45) is 0.137. The van der Waals surface area contributed by atoms with E-state index in [1.54, 1.807) is 24.3 Å². The van der Waals surface area contributed by atoms with Crippen LogP contribution in [0.25, 0.3) is 10.9 Å². The van der Waals surface area contributed by atoms with E-state index in [2.05, 4.69) is 43.0 Å². The molecule has 0 N–H and O–H groups in total. The van der Waals surface area contributed by atoms with E-state index in [1.165, 1.54) is 15.8 Å². The van der Waals surface area contributed by atoms with Crippen molar-refractivity contribution >= 4 is 34.4 Å². The number of para-hydroxylation sites is 1. The van der Waals surface area contributed by atoms with Crippen molar-refractivity contribution in [1.82, 2.24) is 14.8 Å².